The second-order valence-electron chi connectivity index (χ2n) is 6.51. The van der Waals surface area contributed by atoms with Gasteiger partial charge in [0.2, 0.25) is 0 Å². The lowest BCUT2D eigenvalue weighted by molar-refractivity contribution is -0.220. The molecular weight excluding hydrogens is 603 g/mol. The van der Waals surface area contributed by atoms with Crippen molar-refractivity contribution >= 4 is 44.9 Å². The average molecular weight is 622 g/mol. The monoisotopic (exact) mass is 622 g/mol. The van der Waals surface area contributed by atoms with Crippen LogP contribution in [0.25, 0.3) is 0 Å². The van der Waals surface area contributed by atoms with Gasteiger partial charge in [0.15, 0.2) is 6.10 Å². The van der Waals surface area contributed by atoms with E-state index in [1.54, 1.807) is 0 Å². The Morgan fingerprint density at radius 1 is 0.543 bits per heavy atom. The molecule has 0 bridgehead atoms. The van der Waals surface area contributed by atoms with Gasteiger partial charge in [-0.25, -0.2) is 18.3 Å². The quantitative estimate of drug-likeness (QED) is 0.0781. The van der Waals surface area contributed by atoms with Crippen molar-refractivity contribution in [1.82, 2.24) is 0 Å². The summed E-state index contributed by atoms with van der Waals surface area (Å²) in [6.45, 7) is 0. The van der Waals surface area contributed by atoms with Crippen LogP contribution < -0.4 is 0 Å². The molecule has 1 rings (SSSR count). The molecule has 6 atom stereocenters. The van der Waals surface area contributed by atoms with Crippen LogP contribution >= 0.6 is 38.9 Å². The van der Waals surface area contributed by atoms with E-state index in [1.165, 1.54) is 0 Å². The van der Waals surface area contributed by atoms with Gasteiger partial charge in [0.25, 0.3) is 0 Å². The summed E-state index contributed by atoms with van der Waals surface area (Å²) in [6.07, 6.45) is -19.1. The topological polar surface area (TPSA) is 371 Å². The molecule has 11 N–H and O–H groups in total. The number of phosphoric acid groups is 4. The van der Waals surface area contributed by atoms with Crippen LogP contribution in [-0.4, -0.2) is 103 Å². The fourth-order valence-electron chi connectivity index (χ4n) is 2.75. The lowest BCUT2D eigenvalue weighted by Crippen LogP contribution is -2.66. The van der Waals surface area contributed by atoms with Crippen LogP contribution in [0.15, 0.2) is 0 Å². The van der Waals surface area contributed by atoms with Gasteiger partial charge in [0.05, 0.1) is 0 Å². The average Bonchev–Trinajstić information content (AvgIpc) is 2.52. The lowest BCUT2D eigenvalue weighted by atomic mass is 9.85. The Kier molecular flexibility index (Phi) is 10.8. The standard InChI is InChI=1S/C8H19O22P5/c9-2(1-31(11,12)13)26-6-7(29-34(20,21)22)4(27-32(14,15)16)3(10)5(28-33(17,18)19)8(6)30-35(23,24)25/h3-8,10H,1H2,(H2,11,12,13)(H2,14,15,16)(H2,17,18,19)(H2,20,21,22)(H2,23,24,25)/t3?,4-,5+,6?,7+,8-. The van der Waals surface area contributed by atoms with Gasteiger partial charge in [-0.05, 0) is 0 Å². The molecule has 208 valence electrons. The Bertz CT molecular complexity index is 933. The van der Waals surface area contributed by atoms with Gasteiger partial charge in [0, 0.05) is 0 Å². The third kappa shape index (κ3) is 12.4. The van der Waals surface area contributed by atoms with E-state index in [9.17, 15) is 32.7 Å². The molecule has 0 radical (unpaired) electrons. The zero-order valence-electron chi connectivity index (χ0n) is 16.3. The molecule has 0 aliphatic heterocycles. The van der Waals surface area contributed by atoms with Crippen LogP contribution in [0.5, 0.6) is 0 Å². The molecule has 27 heteroatoms. The number of hydrogen-bond donors (Lipinski definition) is 11. The van der Waals surface area contributed by atoms with Gasteiger partial charge in [-0.3, -0.25) is 27.5 Å². The van der Waals surface area contributed by atoms with Crippen molar-refractivity contribution in [1.29, 1.82) is 0 Å². The van der Waals surface area contributed by atoms with E-state index < -0.39 is 87.6 Å². The molecule has 35 heavy (non-hydrogen) atoms. The highest BCUT2D eigenvalue weighted by Gasteiger charge is 2.60. The van der Waals surface area contributed by atoms with E-state index in [0.29, 0.717) is 0 Å². The largest absolute Gasteiger partial charge is 0.470 e. The van der Waals surface area contributed by atoms with Crippen molar-refractivity contribution < 1.29 is 104 Å². The molecule has 1 fully saturated rings. The molecule has 0 saturated heterocycles. The van der Waals surface area contributed by atoms with Crippen LogP contribution in [0.4, 0.5) is 0 Å². The van der Waals surface area contributed by atoms with E-state index in [4.69, 9.17) is 48.9 Å². The van der Waals surface area contributed by atoms with Gasteiger partial charge in [-0.1, -0.05) is 0 Å². The molecule has 0 heterocycles. The third-order valence-electron chi connectivity index (χ3n) is 3.61. The van der Waals surface area contributed by atoms with Gasteiger partial charge < -0.3 is 58.8 Å². The van der Waals surface area contributed by atoms with E-state index >= 15 is 0 Å². The number of aliphatic hydroxyl groups is 1. The second kappa shape index (κ2) is 11.4. The Morgan fingerprint density at radius 3 is 1.09 bits per heavy atom. The second-order valence-corrected chi connectivity index (χ2v) is 12.9. The molecule has 0 aromatic carbocycles. The minimum Gasteiger partial charge on any atom is -0.456 e. The van der Waals surface area contributed by atoms with E-state index in [1.807, 2.05) is 0 Å². The summed E-state index contributed by atoms with van der Waals surface area (Å²) < 4.78 is 77.5. The summed E-state index contributed by atoms with van der Waals surface area (Å²) in [4.78, 5) is 102. The zero-order valence-corrected chi connectivity index (χ0v) is 20.8. The first-order chi connectivity index (χ1) is 15.3. The van der Waals surface area contributed by atoms with E-state index in [-0.39, 0.29) is 0 Å². The highest BCUT2D eigenvalue weighted by molar-refractivity contribution is 7.52. The number of carbonyl (C=O) groups is 1. The Labute approximate surface area is 192 Å². The predicted octanol–water partition coefficient (Wildman–Crippen LogP) is -3.64. The van der Waals surface area contributed by atoms with Crippen LogP contribution in [0.3, 0.4) is 0 Å². The van der Waals surface area contributed by atoms with Gasteiger partial charge in [-0.15, -0.1) is 0 Å². The summed E-state index contributed by atoms with van der Waals surface area (Å²) in [5, 5.41) is 10.4. The zero-order chi connectivity index (χ0) is 27.8. The maximum Gasteiger partial charge on any atom is 0.470 e. The molecule has 2 unspecified atom stereocenters. The number of esters is 1. The molecule has 0 aromatic rings. The van der Waals surface area contributed by atoms with Crippen molar-refractivity contribution in [2.75, 3.05) is 6.16 Å². The van der Waals surface area contributed by atoms with Gasteiger partial charge >= 0.3 is 44.9 Å². The minimum absolute atomic E-state index is 1.80. The normalized spacial score (nSPS) is 29.1. The smallest absolute Gasteiger partial charge is 0.456 e. The minimum atomic E-state index is -5.86. The van der Waals surface area contributed by atoms with Crippen molar-refractivity contribution in [3.8, 4) is 0 Å². The number of aliphatic hydroxyl groups excluding tert-OH is 1. The van der Waals surface area contributed by atoms with Crippen molar-refractivity contribution in [2.45, 2.75) is 36.6 Å². The molecule has 0 aromatic heterocycles. The molecule has 1 aliphatic carbocycles. The molecule has 1 aliphatic rings. The number of hydrogen-bond acceptors (Lipinski definition) is 12. The van der Waals surface area contributed by atoms with Crippen LogP contribution in [0.1, 0.15) is 0 Å². The molecule has 1 saturated carbocycles. The first-order valence-corrected chi connectivity index (χ1v) is 16.1. The summed E-state index contributed by atoms with van der Waals surface area (Å²) >= 11 is 0. The fourth-order valence-corrected chi connectivity index (χ4v) is 5.40. The number of carbonyl (C=O) groups excluding carboxylic acids is 1. The van der Waals surface area contributed by atoms with Crippen LogP contribution in [0.2, 0.25) is 0 Å². The summed E-state index contributed by atoms with van der Waals surface area (Å²) in [7, 11) is -28.6. The first kappa shape index (κ1) is 33.0. The fraction of sp³-hybridized carbons (Fsp3) is 0.875. The van der Waals surface area contributed by atoms with Crippen molar-refractivity contribution in [2.24, 2.45) is 0 Å². The predicted molar refractivity (Wildman–Crippen MR) is 100 cm³/mol. The lowest BCUT2D eigenvalue weighted by Gasteiger charge is -2.46. The Morgan fingerprint density at radius 2 is 0.829 bits per heavy atom. The number of rotatable bonds is 11. The molecule has 0 spiro atoms. The highest BCUT2D eigenvalue weighted by Crippen LogP contribution is 2.52. The SMILES string of the molecule is O=C(CP(=O)(O)O)OC1[C@@H](OP(=O)(O)O)[C@H](OP(=O)(O)O)C(O)[C@H](OP(=O)(O)O)[C@H]1OP(=O)(O)O. The number of ether oxygens (including phenoxy) is 1. The van der Waals surface area contributed by atoms with Crippen LogP contribution in [-0.2, 0) is 50.5 Å². The summed E-state index contributed by atoms with van der Waals surface area (Å²) in [5.41, 5.74) is 0. The molecule has 0 amide bonds. The maximum atomic E-state index is 11.9. The Hall–Kier alpha value is 0.0200. The molecule has 22 nitrogen and oxygen atoms in total. The van der Waals surface area contributed by atoms with Crippen molar-refractivity contribution in [3.63, 3.8) is 0 Å². The van der Waals surface area contributed by atoms with Gasteiger partial charge in [-0.2, -0.15) is 0 Å². The third-order valence-corrected chi connectivity index (χ3v) is 6.35. The highest BCUT2D eigenvalue weighted by atomic mass is 31.2. The summed E-state index contributed by atoms with van der Waals surface area (Å²) in [6, 6.07) is 0. The Balaban J connectivity index is 3.77. The van der Waals surface area contributed by atoms with Gasteiger partial charge in [0.1, 0.15) is 36.7 Å². The number of phosphoric ester groups is 4. The summed E-state index contributed by atoms with van der Waals surface area (Å²) in [5.74, 6) is -2.01. The van der Waals surface area contributed by atoms with Crippen LogP contribution in [0, 0.1) is 0 Å². The first-order valence-electron chi connectivity index (χ1n) is 8.16. The van der Waals surface area contributed by atoms with Crippen molar-refractivity contribution in [3.05, 3.63) is 0 Å². The van der Waals surface area contributed by atoms with E-state index in [0.717, 1.165) is 0 Å². The molecular formula is C8H19O22P5. The van der Waals surface area contributed by atoms with E-state index in [2.05, 4.69) is 22.8 Å². The maximum absolute atomic E-state index is 11.9.